The van der Waals surface area contributed by atoms with Gasteiger partial charge in [0.1, 0.15) is 0 Å². The summed E-state index contributed by atoms with van der Waals surface area (Å²) in [4.78, 5) is 16.2. The van der Waals surface area contributed by atoms with Gasteiger partial charge in [0.15, 0.2) is 10.9 Å². The molecule has 0 bridgehead atoms. The van der Waals surface area contributed by atoms with Gasteiger partial charge in [-0.05, 0) is 31.9 Å². The average molecular weight is 341 g/mol. The second-order valence-electron chi connectivity index (χ2n) is 4.98. The van der Waals surface area contributed by atoms with Gasteiger partial charge < -0.3 is 4.42 Å². The van der Waals surface area contributed by atoms with Crippen LogP contribution >= 0.6 is 11.3 Å². The molecule has 3 rings (SSSR count). The summed E-state index contributed by atoms with van der Waals surface area (Å²) in [6, 6.07) is 2.68. The van der Waals surface area contributed by atoms with E-state index >= 15 is 0 Å². The first-order valence-electron chi connectivity index (χ1n) is 6.80. The lowest BCUT2D eigenvalue weighted by atomic mass is 10.4. The molecule has 1 saturated heterocycles. The highest BCUT2D eigenvalue weighted by Crippen LogP contribution is 2.23. The Morgan fingerprint density at radius 3 is 2.73 bits per heavy atom. The Bertz CT molecular complexity index is 788. The molecule has 0 unspecified atom stereocenters. The second kappa shape index (κ2) is 5.82. The molecule has 3 heterocycles. The van der Waals surface area contributed by atoms with E-state index in [1.165, 1.54) is 27.8 Å². The van der Waals surface area contributed by atoms with E-state index in [9.17, 15) is 13.2 Å². The summed E-state index contributed by atoms with van der Waals surface area (Å²) in [6.07, 6.45) is 1.69. The Morgan fingerprint density at radius 2 is 2.09 bits per heavy atom. The molecule has 118 valence electrons. The van der Waals surface area contributed by atoms with Crippen LogP contribution in [0.1, 0.15) is 29.1 Å². The van der Waals surface area contributed by atoms with Crippen molar-refractivity contribution in [1.29, 1.82) is 0 Å². The van der Waals surface area contributed by atoms with Crippen molar-refractivity contribution in [2.45, 2.75) is 24.9 Å². The van der Waals surface area contributed by atoms with Crippen LogP contribution in [-0.2, 0) is 10.0 Å². The van der Waals surface area contributed by atoms with E-state index in [1.807, 2.05) is 6.92 Å². The molecule has 1 amide bonds. The molecule has 0 atom stereocenters. The number of nitrogens with one attached hydrogen (secondary N) is 1. The molecular formula is C13H15N3O4S2. The van der Waals surface area contributed by atoms with Crippen molar-refractivity contribution in [3.63, 3.8) is 0 Å². The van der Waals surface area contributed by atoms with Gasteiger partial charge in [-0.25, -0.2) is 13.4 Å². The van der Waals surface area contributed by atoms with Crippen LogP contribution in [0.25, 0.3) is 0 Å². The molecule has 1 aliphatic heterocycles. The van der Waals surface area contributed by atoms with Gasteiger partial charge in [0.25, 0.3) is 15.9 Å². The van der Waals surface area contributed by atoms with Gasteiger partial charge in [-0.2, -0.15) is 4.31 Å². The first-order chi connectivity index (χ1) is 10.5. The minimum atomic E-state index is -3.65. The number of anilines is 1. The van der Waals surface area contributed by atoms with Crippen LogP contribution < -0.4 is 5.32 Å². The molecule has 1 fully saturated rings. The van der Waals surface area contributed by atoms with Crippen LogP contribution in [0.15, 0.2) is 27.0 Å². The number of hydrogen-bond acceptors (Lipinski definition) is 6. The molecule has 0 aromatic carbocycles. The summed E-state index contributed by atoms with van der Waals surface area (Å²) in [5, 5.41) is 4.63. The molecule has 0 radical (unpaired) electrons. The van der Waals surface area contributed by atoms with Crippen LogP contribution in [-0.4, -0.2) is 36.7 Å². The number of nitrogens with zero attached hydrogens (tertiary/aromatic N) is 2. The van der Waals surface area contributed by atoms with Gasteiger partial charge in [0, 0.05) is 18.5 Å². The van der Waals surface area contributed by atoms with Crippen molar-refractivity contribution in [3.05, 3.63) is 29.0 Å². The molecule has 1 N–H and O–H groups in total. The van der Waals surface area contributed by atoms with E-state index in [0.717, 1.165) is 18.5 Å². The molecule has 2 aromatic heterocycles. The Morgan fingerprint density at radius 1 is 1.36 bits per heavy atom. The number of aryl methyl sites for hydroxylation is 1. The predicted molar refractivity (Wildman–Crippen MR) is 81.5 cm³/mol. The molecule has 9 heteroatoms. The maximum absolute atomic E-state index is 12.3. The third kappa shape index (κ3) is 2.92. The van der Waals surface area contributed by atoms with E-state index in [1.54, 1.807) is 5.38 Å². The summed E-state index contributed by atoms with van der Waals surface area (Å²) in [6.45, 7) is 2.80. The fraction of sp³-hybridized carbons (Fsp3) is 0.385. The molecular weight excluding hydrogens is 326 g/mol. The summed E-state index contributed by atoms with van der Waals surface area (Å²) in [5.74, 6) is -0.567. The number of thiazole rings is 1. The molecule has 0 aliphatic carbocycles. The van der Waals surface area contributed by atoms with E-state index in [-0.39, 0.29) is 10.9 Å². The number of sulfonamides is 1. The van der Waals surface area contributed by atoms with Gasteiger partial charge in [-0.1, -0.05) is 0 Å². The number of amides is 1. The maximum atomic E-state index is 12.3. The molecule has 22 heavy (non-hydrogen) atoms. The zero-order chi connectivity index (χ0) is 15.7. The lowest BCUT2D eigenvalue weighted by Gasteiger charge is -2.12. The SMILES string of the molecule is Cc1csc(NC(=O)c2ccc(S(=O)(=O)N3CCCC3)o2)n1. The first-order valence-corrected chi connectivity index (χ1v) is 9.12. The monoisotopic (exact) mass is 341 g/mol. The number of rotatable bonds is 4. The highest BCUT2D eigenvalue weighted by atomic mass is 32.2. The highest BCUT2D eigenvalue weighted by molar-refractivity contribution is 7.89. The van der Waals surface area contributed by atoms with E-state index < -0.39 is 15.9 Å². The van der Waals surface area contributed by atoms with Crippen molar-refractivity contribution in [3.8, 4) is 0 Å². The summed E-state index contributed by atoms with van der Waals surface area (Å²) < 4.78 is 31.3. The van der Waals surface area contributed by atoms with Gasteiger partial charge in [-0.15, -0.1) is 11.3 Å². The van der Waals surface area contributed by atoms with Gasteiger partial charge in [0.05, 0.1) is 5.69 Å². The van der Waals surface area contributed by atoms with Crippen LogP contribution in [0.4, 0.5) is 5.13 Å². The molecule has 2 aromatic rings. The van der Waals surface area contributed by atoms with Gasteiger partial charge >= 0.3 is 0 Å². The lowest BCUT2D eigenvalue weighted by Crippen LogP contribution is -2.27. The third-order valence-electron chi connectivity index (χ3n) is 3.30. The number of hydrogen-bond donors (Lipinski definition) is 1. The number of carbonyl (C=O) groups is 1. The quantitative estimate of drug-likeness (QED) is 0.919. The normalized spacial score (nSPS) is 16.0. The van der Waals surface area contributed by atoms with Crippen LogP contribution in [0.3, 0.4) is 0 Å². The Hall–Kier alpha value is -1.71. The highest BCUT2D eigenvalue weighted by Gasteiger charge is 2.30. The average Bonchev–Trinajstić information content (AvgIpc) is 3.20. The van der Waals surface area contributed by atoms with Gasteiger partial charge in [0.2, 0.25) is 5.09 Å². The Labute approximate surface area is 132 Å². The topological polar surface area (TPSA) is 92.5 Å². The van der Waals surface area contributed by atoms with E-state index in [2.05, 4.69) is 10.3 Å². The second-order valence-corrected chi connectivity index (χ2v) is 7.71. The zero-order valence-corrected chi connectivity index (χ0v) is 13.5. The maximum Gasteiger partial charge on any atom is 0.293 e. The van der Waals surface area contributed by atoms with Crippen molar-refractivity contribution < 1.29 is 17.6 Å². The zero-order valence-electron chi connectivity index (χ0n) is 11.9. The number of aromatic nitrogens is 1. The third-order valence-corrected chi connectivity index (χ3v) is 5.95. The smallest absolute Gasteiger partial charge is 0.293 e. The van der Waals surface area contributed by atoms with Crippen molar-refractivity contribution in [2.24, 2.45) is 0 Å². The minimum Gasteiger partial charge on any atom is -0.438 e. The Kier molecular flexibility index (Phi) is 4.02. The summed E-state index contributed by atoms with van der Waals surface area (Å²) in [5.41, 5.74) is 0.803. The number of carbonyl (C=O) groups excluding carboxylic acids is 1. The largest absolute Gasteiger partial charge is 0.438 e. The van der Waals surface area contributed by atoms with Crippen LogP contribution in [0.2, 0.25) is 0 Å². The van der Waals surface area contributed by atoms with Gasteiger partial charge in [-0.3, -0.25) is 10.1 Å². The Balaban J connectivity index is 1.77. The predicted octanol–water partition coefficient (Wildman–Crippen LogP) is 2.08. The fourth-order valence-corrected chi connectivity index (χ4v) is 4.32. The van der Waals surface area contributed by atoms with E-state index in [0.29, 0.717) is 18.2 Å². The number of furan rings is 1. The molecule has 7 nitrogen and oxygen atoms in total. The molecule has 0 saturated carbocycles. The fourth-order valence-electron chi connectivity index (χ4n) is 2.21. The first kappa shape index (κ1) is 15.2. The van der Waals surface area contributed by atoms with Crippen LogP contribution in [0.5, 0.6) is 0 Å². The van der Waals surface area contributed by atoms with Crippen LogP contribution in [0, 0.1) is 6.92 Å². The lowest BCUT2D eigenvalue weighted by molar-refractivity contribution is 0.0991. The van der Waals surface area contributed by atoms with Crippen molar-refractivity contribution in [1.82, 2.24) is 9.29 Å². The molecule has 0 spiro atoms. The van der Waals surface area contributed by atoms with Crippen molar-refractivity contribution in [2.75, 3.05) is 18.4 Å². The summed E-state index contributed by atoms with van der Waals surface area (Å²) >= 11 is 1.29. The van der Waals surface area contributed by atoms with Crippen molar-refractivity contribution >= 4 is 32.4 Å². The molecule has 1 aliphatic rings. The summed E-state index contributed by atoms with van der Waals surface area (Å²) in [7, 11) is -3.65. The van der Waals surface area contributed by atoms with E-state index in [4.69, 9.17) is 4.42 Å². The standard InChI is InChI=1S/C13H15N3O4S2/c1-9-8-21-13(14-9)15-12(17)10-4-5-11(20-10)22(18,19)16-6-2-3-7-16/h4-5,8H,2-3,6-7H2,1H3,(H,14,15,17). The minimum absolute atomic E-state index is 0.0503.